The van der Waals surface area contributed by atoms with E-state index in [1.54, 1.807) is 6.92 Å². The van der Waals surface area contributed by atoms with E-state index in [1.165, 1.54) is 7.11 Å². The summed E-state index contributed by atoms with van der Waals surface area (Å²) in [7, 11) is 1.17. The van der Waals surface area contributed by atoms with Gasteiger partial charge < -0.3 is 9.84 Å². The van der Waals surface area contributed by atoms with Crippen LogP contribution in [0.2, 0.25) is 0 Å². The molecule has 0 amide bonds. The molecule has 1 N–H and O–H groups in total. The molecule has 5 atom stereocenters. The number of carbonyl (C=O) groups is 3. The van der Waals surface area contributed by atoms with Gasteiger partial charge in [-0.05, 0) is 37.8 Å². The summed E-state index contributed by atoms with van der Waals surface area (Å²) in [5.74, 6) is -6.41. The highest BCUT2D eigenvalue weighted by molar-refractivity contribution is 14.1. The average molecular weight is 478 g/mol. The number of rotatable bonds is 4. The molecule has 5 nitrogen and oxygen atoms in total. The van der Waals surface area contributed by atoms with Crippen molar-refractivity contribution in [1.29, 1.82) is 0 Å². The molecule has 0 aromatic heterocycles. The number of benzene rings is 1. The van der Waals surface area contributed by atoms with Crippen molar-refractivity contribution in [2.24, 2.45) is 17.3 Å². The molecule has 2 aliphatic carbocycles. The third-order valence-electron chi connectivity index (χ3n) is 5.87. The standard InChI is InChI=1S/C18H17F2IO5/c1-17(21)8-6-7-18(17,16(25)26-2)15(24)11(8)13(22)14(23)12-9(19)4-3-5-10(12)20/h3-5,8,11,13,22H,6-7H2,1-2H3/t8-,11?,13?,17?,18+/m0/s1. The summed E-state index contributed by atoms with van der Waals surface area (Å²) in [5, 5.41) is 10.6. The van der Waals surface area contributed by atoms with E-state index in [-0.39, 0.29) is 6.42 Å². The van der Waals surface area contributed by atoms with Gasteiger partial charge in [-0.3, -0.25) is 14.4 Å². The fourth-order valence-electron chi connectivity index (χ4n) is 4.54. The van der Waals surface area contributed by atoms with Crippen molar-refractivity contribution in [1.82, 2.24) is 0 Å². The van der Waals surface area contributed by atoms with Gasteiger partial charge >= 0.3 is 5.97 Å². The number of esters is 1. The van der Waals surface area contributed by atoms with Crippen LogP contribution in [0.3, 0.4) is 0 Å². The zero-order valence-electron chi connectivity index (χ0n) is 14.1. The molecule has 8 heteroatoms. The third kappa shape index (κ3) is 2.30. The van der Waals surface area contributed by atoms with Crippen LogP contribution in [-0.4, -0.2) is 39.3 Å². The molecule has 2 saturated carbocycles. The first kappa shape index (κ1) is 19.3. The molecule has 3 unspecified atom stereocenters. The SMILES string of the molecule is COC(=O)[C@@]12CC[C@@H](C(C(O)C(=O)c3c(F)cccc3F)C1=O)C2(C)I. The zero-order valence-corrected chi connectivity index (χ0v) is 16.2. The first-order chi connectivity index (χ1) is 12.1. The molecule has 1 aromatic carbocycles. The molecule has 0 heterocycles. The Morgan fingerprint density at radius 2 is 1.92 bits per heavy atom. The largest absolute Gasteiger partial charge is 0.468 e. The Balaban J connectivity index is 2.02. The summed E-state index contributed by atoms with van der Waals surface area (Å²) in [6, 6.07) is 2.92. The van der Waals surface area contributed by atoms with Gasteiger partial charge in [0.25, 0.3) is 0 Å². The maximum atomic E-state index is 13.9. The molecule has 0 aliphatic heterocycles. The fraction of sp³-hybridized carbons (Fsp3) is 0.500. The highest BCUT2D eigenvalue weighted by Crippen LogP contribution is 2.66. The average Bonchev–Trinajstić information content (AvgIpc) is 2.94. The molecule has 2 bridgehead atoms. The number of aliphatic hydroxyl groups excluding tert-OH is 1. The predicted molar refractivity (Wildman–Crippen MR) is 94.8 cm³/mol. The van der Waals surface area contributed by atoms with Crippen LogP contribution >= 0.6 is 22.6 Å². The predicted octanol–water partition coefficient (Wildman–Crippen LogP) is 2.47. The van der Waals surface area contributed by atoms with Gasteiger partial charge in [-0.1, -0.05) is 28.7 Å². The van der Waals surface area contributed by atoms with Gasteiger partial charge in [0.1, 0.15) is 23.2 Å². The van der Waals surface area contributed by atoms with E-state index in [4.69, 9.17) is 4.74 Å². The Morgan fingerprint density at radius 3 is 2.46 bits per heavy atom. The molecule has 140 valence electrons. The van der Waals surface area contributed by atoms with Gasteiger partial charge in [-0.15, -0.1) is 0 Å². The van der Waals surface area contributed by atoms with E-state index in [0.717, 1.165) is 18.2 Å². The van der Waals surface area contributed by atoms with Crippen LogP contribution in [0.15, 0.2) is 18.2 Å². The van der Waals surface area contributed by atoms with Crippen molar-refractivity contribution >= 4 is 40.1 Å². The molecule has 3 rings (SSSR count). The van der Waals surface area contributed by atoms with Gasteiger partial charge in [0.05, 0.1) is 18.6 Å². The van der Waals surface area contributed by atoms with Gasteiger partial charge in [0.2, 0.25) is 0 Å². The summed E-state index contributed by atoms with van der Waals surface area (Å²) in [6.07, 6.45) is -1.25. The number of ether oxygens (including phenoxy) is 1. The molecule has 2 fully saturated rings. The van der Waals surface area contributed by atoms with Crippen molar-refractivity contribution in [3.8, 4) is 0 Å². The number of aliphatic hydroxyl groups is 1. The molecule has 1 aromatic rings. The maximum Gasteiger partial charge on any atom is 0.320 e. The van der Waals surface area contributed by atoms with E-state index >= 15 is 0 Å². The number of alkyl halides is 1. The highest BCUT2D eigenvalue weighted by Gasteiger charge is 2.75. The molecular formula is C18H17F2IO5. The Labute approximate surface area is 162 Å². The van der Waals surface area contributed by atoms with Crippen molar-refractivity contribution in [2.75, 3.05) is 7.11 Å². The minimum Gasteiger partial charge on any atom is -0.468 e. The Hall–Kier alpha value is -1.42. The number of halogens is 3. The Kier molecular flexibility index (Phi) is 4.71. The van der Waals surface area contributed by atoms with Gasteiger partial charge in [0, 0.05) is 3.42 Å². The van der Waals surface area contributed by atoms with E-state index < -0.39 is 61.5 Å². The number of methoxy groups -OCH3 is 1. The lowest BCUT2D eigenvalue weighted by Gasteiger charge is -2.31. The first-order valence-corrected chi connectivity index (χ1v) is 9.17. The molecule has 0 spiro atoms. The van der Waals surface area contributed by atoms with Gasteiger partial charge in [-0.25, -0.2) is 8.78 Å². The smallest absolute Gasteiger partial charge is 0.320 e. The van der Waals surface area contributed by atoms with Crippen LogP contribution in [0.25, 0.3) is 0 Å². The highest BCUT2D eigenvalue weighted by atomic mass is 127. The summed E-state index contributed by atoms with van der Waals surface area (Å²) in [6.45, 7) is 1.71. The third-order valence-corrected chi connectivity index (χ3v) is 7.59. The van der Waals surface area contributed by atoms with Crippen molar-refractivity contribution in [2.45, 2.75) is 29.3 Å². The Bertz CT molecular complexity index is 789. The van der Waals surface area contributed by atoms with E-state index in [0.29, 0.717) is 6.42 Å². The number of fused-ring (bicyclic) bond motifs is 2. The lowest BCUT2D eigenvalue weighted by atomic mass is 9.74. The lowest BCUT2D eigenvalue weighted by Crippen LogP contribution is -2.48. The van der Waals surface area contributed by atoms with Crippen LogP contribution in [0, 0.1) is 28.9 Å². The van der Waals surface area contributed by atoms with E-state index in [1.807, 2.05) is 22.6 Å². The number of Topliss-reactive ketones (excluding diaryl/α,β-unsaturated/α-hetero) is 2. The fourth-order valence-corrected chi connectivity index (χ4v) is 5.99. The topological polar surface area (TPSA) is 80.7 Å². The van der Waals surface area contributed by atoms with Crippen LogP contribution in [0.1, 0.15) is 30.1 Å². The van der Waals surface area contributed by atoms with Crippen molar-refractivity contribution < 1.29 is 33.0 Å². The minimum atomic E-state index is -1.93. The van der Waals surface area contributed by atoms with Crippen LogP contribution < -0.4 is 0 Å². The van der Waals surface area contributed by atoms with Crippen LogP contribution in [0.5, 0.6) is 0 Å². The summed E-state index contributed by atoms with van der Waals surface area (Å²) in [4.78, 5) is 38.0. The number of hydrogen-bond donors (Lipinski definition) is 1. The van der Waals surface area contributed by atoms with E-state index in [9.17, 15) is 28.3 Å². The van der Waals surface area contributed by atoms with E-state index in [2.05, 4.69) is 0 Å². The maximum absolute atomic E-state index is 13.9. The normalized spacial score (nSPS) is 34.0. The molecular weight excluding hydrogens is 461 g/mol. The molecule has 26 heavy (non-hydrogen) atoms. The minimum absolute atomic E-state index is 0.258. The van der Waals surface area contributed by atoms with Gasteiger partial charge in [-0.2, -0.15) is 0 Å². The van der Waals surface area contributed by atoms with Crippen LogP contribution in [-0.2, 0) is 14.3 Å². The quantitative estimate of drug-likeness (QED) is 0.237. The second-order valence-corrected chi connectivity index (χ2v) is 9.15. The second-order valence-electron chi connectivity index (χ2n) is 6.91. The summed E-state index contributed by atoms with van der Waals surface area (Å²) in [5.41, 5.74) is -2.34. The number of carbonyl (C=O) groups excluding carboxylic acids is 3. The lowest BCUT2D eigenvalue weighted by molar-refractivity contribution is -0.158. The van der Waals surface area contributed by atoms with Crippen LogP contribution in [0.4, 0.5) is 8.78 Å². The Morgan fingerprint density at radius 1 is 1.35 bits per heavy atom. The molecule has 2 aliphatic rings. The molecule has 0 saturated heterocycles. The zero-order chi connectivity index (χ0) is 19.4. The second kappa shape index (κ2) is 6.33. The number of ketones is 2. The van der Waals surface area contributed by atoms with Gasteiger partial charge in [0.15, 0.2) is 11.6 Å². The summed E-state index contributed by atoms with van der Waals surface area (Å²) >= 11 is 2.00. The number of hydrogen-bond acceptors (Lipinski definition) is 5. The monoisotopic (exact) mass is 478 g/mol. The van der Waals surface area contributed by atoms with Crippen molar-refractivity contribution in [3.05, 3.63) is 35.4 Å². The van der Waals surface area contributed by atoms with Crippen molar-refractivity contribution in [3.63, 3.8) is 0 Å². The first-order valence-electron chi connectivity index (χ1n) is 8.09. The molecule has 0 radical (unpaired) electrons. The summed E-state index contributed by atoms with van der Waals surface area (Å²) < 4.78 is 31.8.